The lowest BCUT2D eigenvalue weighted by molar-refractivity contribution is -0.0838. The fourth-order valence-electron chi connectivity index (χ4n) is 3.57. The molecule has 0 amide bonds. The third-order valence-corrected chi connectivity index (χ3v) is 4.63. The molecule has 3 rings (SSSR count). The molecule has 1 unspecified atom stereocenters. The summed E-state index contributed by atoms with van der Waals surface area (Å²) < 4.78 is 11.4. The first-order valence-electron chi connectivity index (χ1n) is 7.67. The van der Waals surface area contributed by atoms with Gasteiger partial charge in [0, 0.05) is 31.0 Å². The van der Waals surface area contributed by atoms with E-state index in [-0.39, 0.29) is 5.60 Å². The highest BCUT2D eigenvalue weighted by molar-refractivity contribution is 5.25. The summed E-state index contributed by atoms with van der Waals surface area (Å²) in [7, 11) is 1.67. The van der Waals surface area contributed by atoms with Crippen molar-refractivity contribution in [3.63, 3.8) is 0 Å². The zero-order valence-electron chi connectivity index (χ0n) is 12.2. The zero-order chi connectivity index (χ0) is 13.8. The van der Waals surface area contributed by atoms with Crippen molar-refractivity contribution in [3.05, 3.63) is 23.9 Å². The molecule has 0 aromatic carbocycles. The minimum absolute atomic E-state index is 0.176. The van der Waals surface area contributed by atoms with Crippen molar-refractivity contribution in [1.82, 2.24) is 10.3 Å². The lowest BCUT2D eigenvalue weighted by Gasteiger charge is -2.38. The van der Waals surface area contributed by atoms with Crippen LogP contribution in [0.1, 0.15) is 44.1 Å². The van der Waals surface area contributed by atoms with Crippen LogP contribution in [-0.2, 0) is 11.3 Å². The molecule has 110 valence electrons. The van der Waals surface area contributed by atoms with E-state index in [1.54, 1.807) is 13.3 Å². The van der Waals surface area contributed by atoms with Gasteiger partial charge in [0.25, 0.3) is 0 Å². The zero-order valence-corrected chi connectivity index (χ0v) is 12.2. The van der Waals surface area contributed by atoms with Crippen LogP contribution in [0, 0.1) is 0 Å². The molecule has 1 spiro atoms. The second-order valence-electron chi connectivity index (χ2n) is 5.98. The van der Waals surface area contributed by atoms with E-state index < -0.39 is 0 Å². The number of pyridine rings is 1. The first-order chi connectivity index (χ1) is 9.81. The number of aromatic nitrogens is 1. The Labute approximate surface area is 120 Å². The van der Waals surface area contributed by atoms with Crippen LogP contribution in [0.5, 0.6) is 5.88 Å². The van der Waals surface area contributed by atoms with E-state index in [0.717, 1.165) is 37.4 Å². The number of methoxy groups -OCH3 is 1. The van der Waals surface area contributed by atoms with Crippen LogP contribution in [0.3, 0.4) is 0 Å². The van der Waals surface area contributed by atoms with E-state index in [1.807, 2.05) is 6.07 Å². The first-order valence-corrected chi connectivity index (χ1v) is 7.67. The molecule has 1 saturated heterocycles. The van der Waals surface area contributed by atoms with Crippen molar-refractivity contribution in [3.8, 4) is 5.88 Å². The number of hydrogen-bond acceptors (Lipinski definition) is 4. The summed E-state index contributed by atoms with van der Waals surface area (Å²) in [4.78, 5) is 4.24. The van der Waals surface area contributed by atoms with E-state index in [9.17, 15) is 0 Å². The fourth-order valence-corrected chi connectivity index (χ4v) is 3.57. The second kappa shape index (κ2) is 6.10. The summed E-state index contributed by atoms with van der Waals surface area (Å²) in [5.41, 5.74) is 1.30. The van der Waals surface area contributed by atoms with E-state index in [0.29, 0.717) is 6.04 Å². The van der Waals surface area contributed by atoms with Crippen molar-refractivity contribution < 1.29 is 9.47 Å². The van der Waals surface area contributed by atoms with Crippen molar-refractivity contribution in [2.24, 2.45) is 0 Å². The second-order valence-corrected chi connectivity index (χ2v) is 5.98. The quantitative estimate of drug-likeness (QED) is 0.918. The summed E-state index contributed by atoms with van der Waals surface area (Å²) in [5, 5.41) is 3.66. The van der Waals surface area contributed by atoms with Crippen LogP contribution in [-0.4, -0.2) is 30.3 Å². The lowest BCUT2D eigenvalue weighted by Crippen LogP contribution is -2.45. The SMILES string of the molecule is COc1ncccc1CNC1CCOC2(CCCC2)C1. The number of rotatable bonds is 4. The smallest absolute Gasteiger partial charge is 0.217 e. The maximum Gasteiger partial charge on any atom is 0.217 e. The van der Waals surface area contributed by atoms with E-state index in [4.69, 9.17) is 9.47 Å². The van der Waals surface area contributed by atoms with Crippen molar-refractivity contribution in [1.29, 1.82) is 0 Å². The molecular weight excluding hydrogens is 252 g/mol. The van der Waals surface area contributed by atoms with Crippen LogP contribution in [0.4, 0.5) is 0 Å². The van der Waals surface area contributed by atoms with Crippen molar-refractivity contribution >= 4 is 0 Å². The van der Waals surface area contributed by atoms with Gasteiger partial charge < -0.3 is 14.8 Å². The maximum absolute atomic E-state index is 6.08. The molecule has 4 nitrogen and oxygen atoms in total. The minimum Gasteiger partial charge on any atom is -0.481 e. The van der Waals surface area contributed by atoms with E-state index >= 15 is 0 Å². The fraction of sp³-hybridized carbons (Fsp3) is 0.688. The summed E-state index contributed by atoms with van der Waals surface area (Å²) in [6.07, 6.45) is 9.14. The van der Waals surface area contributed by atoms with Gasteiger partial charge in [-0.15, -0.1) is 0 Å². The Kier molecular flexibility index (Phi) is 4.22. The monoisotopic (exact) mass is 276 g/mol. The predicted molar refractivity (Wildman–Crippen MR) is 77.8 cm³/mol. The Hall–Kier alpha value is -1.13. The number of ether oxygens (including phenoxy) is 2. The molecule has 1 aliphatic carbocycles. The highest BCUT2D eigenvalue weighted by Gasteiger charge is 2.39. The van der Waals surface area contributed by atoms with Gasteiger partial charge in [0.1, 0.15) is 0 Å². The van der Waals surface area contributed by atoms with E-state index in [1.165, 1.54) is 25.7 Å². The number of nitrogens with zero attached hydrogens (tertiary/aromatic N) is 1. The molecule has 1 aromatic heterocycles. The van der Waals surface area contributed by atoms with Crippen molar-refractivity contribution in [2.45, 2.75) is 56.7 Å². The van der Waals surface area contributed by atoms with Gasteiger partial charge in [0.05, 0.1) is 12.7 Å². The molecule has 1 aromatic rings. The Balaban J connectivity index is 1.58. The average molecular weight is 276 g/mol. The third-order valence-electron chi connectivity index (χ3n) is 4.63. The Morgan fingerprint density at radius 3 is 3.10 bits per heavy atom. The van der Waals surface area contributed by atoms with Crippen LogP contribution in [0.25, 0.3) is 0 Å². The molecule has 1 atom stereocenters. The number of hydrogen-bond donors (Lipinski definition) is 1. The van der Waals surface area contributed by atoms with Gasteiger partial charge >= 0.3 is 0 Å². The van der Waals surface area contributed by atoms with Crippen LogP contribution >= 0.6 is 0 Å². The van der Waals surface area contributed by atoms with Crippen LogP contribution in [0.15, 0.2) is 18.3 Å². The van der Waals surface area contributed by atoms with Crippen LogP contribution in [0.2, 0.25) is 0 Å². The van der Waals surface area contributed by atoms with Gasteiger partial charge in [-0.1, -0.05) is 18.9 Å². The Morgan fingerprint density at radius 2 is 2.30 bits per heavy atom. The molecule has 1 aliphatic heterocycles. The summed E-state index contributed by atoms with van der Waals surface area (Å²) >= 11 is 0. The van der Waals surface area contributed by atoms with Gasteiger partial charge in [-0.2, -0.15) is 0 Å². The molecule has 1 N–H and O–H groups in total. The highest BCUT2D eigenvalue weighted by Crippen LogP contribution is 2.40. The van der Waals surface area contributed by atoms with E-state index in [2.05, 4.69) is 16.4 Å². The minimum atomic E-state index is 0.176. The van der Waals surface area contributed by atoms with Gasteiger partial charge in [0.15, 0.2) is 0 Å². The summed E-state index contributed by atoms with van der Waals surface area (Å²) in [6, 6.07) is 4.58. The van der Waals surface area contributed by atoms with Gasteiger partial charge in [-0.05, 0) is 31.7 Å². The molecule has 2 aliphatic rings. The van der Waals surface area contributed by atoms with Gasteiger partial charge in [0.2, 0.25) is 5.88 Å². The highest BCUT2D eigenvalue weighted by atomic mass is 16.5. The van der Waals surface area contributed by atoms with Crippen LogP contribution < -0.4 is 10.1 Å². The normalized spacial score (nSPS) is 24.9. The molecule has 0 radical (unpaired) electrons. The average Bonchev–Trinajstić information content (AvgIpc) is 2.93. The standard InChI is InChI=1S/C16H24N2O2/c1-19-15-13(5-4-9-17-15)12-18-14-6-10-20-16(11-14)7-2-3-8-16/h4-5,9,14,18H,2-3,6-8,10-12H2,1H3. The number of nitrogens with one attached hydrogen (secondary N) is 1. The summed E-state index contributed by atoms with van der Waals surface area (Å²) in [5.74, 6) is 0.725. The molecule has 2 heterocycles. The maximum atomic E-state index is 6.08. The van der Waals surface area contributed by atoms with Gasteiger partial charge in [-0.3, -0.25) is 0 Å². The molecule has 1 saturated carbocycles. The molecule has 4 heteroatoms. The molecular formula is C16H24N2O2. The van der Waals surface area contributed by atoms with Gasteiger partial charge in [-0.25, -0.2) is 4.98 Å². The Bertz CT molecular complexity index is 444. The molecule has 20 heavy (non-hydrogen) atoms. The Morgan fingerprint density at radius 1 is 1.45 bits per heavy atom. The summed E-state index contributed by atoms with van der Waals surface area (Å²) in [6.45, 7) is 1.71. The molecule has 2 fully saturated rings. The van der Waals surface area contributed by atoms with Crippen molar-refractivity contribution in [2.75, 3.05) is 13.7 Å². The predicted octanol–water partition coefficient (Wildman–Crippen LogP) is 2.67. The topological polar surface area (TPSA) is 43.4 Å². The lowest BCUT2D eigenvalue weighted by atomic mass is 9.89. The largest absolute Gasteiger partial charge is 0.481 e. The third kappa shape index (κ3) is 2.96. The first kappa shape index (κ1) is 13.8. The molecule has 0 bridgehead atoms.